The second-order valence-electron chi connectivity index (χ2n) is 5.33. The zero-order valence-electron chi connectivity index (χ0n) is 12.9. The minimum atomic E-state index is -4.64. The molecule has 3 rings (SSSR count). The number of aliphatic hydroxyl groups excluding tert-OH is 1. The summed E-state index contributed by atoms with van der Waals surface area (Å²) in [6.07, 6.45) is -4.64. The first-order valence-electron chi connectivity index (χ1n) is 7.08. The van der Waals surface area contributed by atoms with Crippen molar-refractivity contribution in [1.29, 1.82) is 0 Å². The fourth-order valence-corrected chi connectivity index (χ4v) is 3.83. The van der Waals surface area contributed by atoms with Crippen molar-refractivity contribution in [3.8, 4) is 16.9 Å². The van der Waals surface area contributed by atoms with Gasteiger partial charge in [-0.3, -0.25) is 0 Å². The van der Waals surface area contributed by atoms with E-state index >= 15 is 0 Å². The molecule has 0 aliphatic heterocycles. The van der Waals surface area contributed by atoms with E-state index in [2.05, 4.69) is 5.10 Å². The average molecular weight is 403 g/mol. The predicted molar refractivity (Wildman–Crippen MR) is 89.2 cm³/mol. The van der Waals surface area contributed by atoms with Crippen molar-refractivity contribution in [2.45, 2.75) is 17.7 Å². The number of alkyl halides is 3. The zero-order chi connectivity index (χ0) is 19.1. The highest BCUT2D eigenvalue weighted by Gasteiger charge is 2.35. The molecule has 138 valence electrons. The lowest BCUT2D eigenvalue weighted by Crippen LogP contribution is -2.15. The van der Waals surface area contributed by atoms with E-state index in [1.165, 1.54) is 23.5 Å². The lowest BCUT2D eigenvalue weighted by Gasteiger charge is -2.11. The van der Waals surface area contributed by atoms with Crippen LogP contribution in [0.4, 0.5) is 13.2 Å². The van der Waals surface area contributed by atoms with Crippen molar-refractivity contribution in [3.05, 3.63) is 52.3 Å². The Balaban J connectivity index is 2.22. The van der Waals surface area contributed by atoms with Gasteiger partial charge in [-0.1, -0.05) is 0 Å². The van der Waals surface area contributed by atoms with Gasteiger partial charge in [0.05, 0.1) is 22.9 Å². The maximum absolute atomic E-state index is 13.1. The van der Waals surface area contributed by atoms with E-state index in [-0.39, 0.29) is 21.8 Å². The van der Waals surface area contributed by atoms with Crippen LogP contribution in [0.1, 0.15) is 11.3 Å². The molecule has 0 fully saturated rings. The lowest BCUT2D eigenvalue weighted by molar-refractivity contribution is -0.141. The van der Waals surface area contributed by atoms with Gasteiger partial charge in [-0.05, 0) is 41.3 Å². The van der Waals surface area contributed by atoms with Crippen molar-refractivity contribution >= 4 is 21.4 Å². The van der Waals surface area contributed by atoms with Gasteiger partial charge in [0.1, 0.15) is 0 Å². The largest absolute Gasteiger partial charge is 0.435 e. The number of aromatic nitrogens is 2. The minimum absolute atomic E-state index is 0.0367. The van der Waals surface area contributed by atoms with Gasteiger partial charge in [0.2, 0.25) is 10.0 Å². The van der Waals surface area contributed by atoms with Gasteiger partial charge in [0.25, 0.3) is 0 Å². The molecular weight excluding hydrogens is 391 g/mol. The van der Waals surface area contributed by atoms with Crippen LogP contribution in [-0.4, -0.2) is 23.3 Å². The van der Waals surface area contributed by atoms with E-state index in [0.717, 1.165) is 16.8 Å². The van der Waals surface area contributed by atoms with Crippen LogP contribution in [-0.2, 0) is 22.8 Å². The first-order chi connectivity index (χ1) is 12.1. The minimum Gasteiger partial charge on any atom is -0.392 e. The van der Waals surface area contributed by atoms with Gasteiger partial charge < -0.3 is 5.11 Å². The van der Waals surface area contributed by atoms with Crippen LogP contribution in [0.2, 0.25) is 0 Å². The smallest absolute Gasteiger partial charge is 0.392 e. The molecule has 3 aromatic rings. The summed E-state index contributed by atoms with van der Waals surface area (Å²) in [5.74, 6) is 0. The van der Waals surface area contributed by atoms with Crippen LogP contribution in [0.3, 0.4) is 0 Å². The van der Waals surface area contributed by atoms with Crippen LogP contribution in [0.5, 0.6) is 0 Å². The van der Waals surface area contributed by atoms with Gasteiger partial charge in [-0.15, -0.1) is 0 Å². The quantitative estimate of drug-likeness (QED) is 0.700. The van der Waals surface area contributed by atoms with Gasteiger partial charge in [-0.25, -0.2) is 18.2 Å². The van der Waals surface area contributed by atoms with Gasteiger partial charge >= 0.3 is 6.18 Å². The second kappa shape index (κ2) is 6.50. The van der Waals surface area contributed by atoms with Crippen molar-refractivity contribution in [3.63, 3.8) is 0 Å². The number of thiophene rings is 1. The normalized spacial score (nSPS) is 12.5. The molecule has 0 atom stereocenters. The summed E-state index contributed by atoms with van der Waals surface area (Å²) in [6.45, 7) is -0.652. The van der Waals surface area contributed by atoms with E-state index in [1.807, 2.05) is 0 Å². The predicted octanol–water partition coefficient (Wildman–Crippen LogP) is 2.76. The standard InChI is InChI=1S/C15H12F3N3O3S2/c16-15(17,18)14-6-12(9-3-4-25-8-9)21(20-14)11-1-2-13(26(19,23)24)10(5-11)7-22/h1-6,8,22H,7H2,(H2,19,23,24). The first-order valence-corrected chi connectivity index (χ1v) is 9.57. The Hall–Kier alpha value is -2.21. The summed E-state index contributed by atoms with van der Waals surface area (Å²) in [5.41, 5.74) is -0.242. The van der Waals surface area contributed by atoms with Crippen molar-refractivity contribution < 1.29 is 26.7 Å². The number of hydrogen-bond donors (Lipinski definition) is 2. The highest BCUT2D eigenvalue weighted by Crippen LogP contribution is 2.34. The number of primary sulfonamides is 1. The number of nitrogens with zero attached hydrogens (tertiary/aromatic N) is 2. The molecule has 3 N–H and O–H groups in total. The van der Waals surface area contributed by atoms with E-state index in [4.69, 9.17) is 5.14 Å². The maximum Gasteiger partial charge on any atom is 0.435 e. The SMILES string of the molecule is NS(=O)(=O)c1ccc(-n2nc(C(F)(F)F)cc2-c2ccsc2)cc1CO. The third kappa shape index (κ3) is 3.51. The molecule has 6 nitrogen and oxygen atoms in total. The molecule has 26 heavy (non-hydrogen) atoms. The molecule has 0 spiro atoms. The lowest BCUT2D eigenvalue weighted by atomic mass is 10.2. The Bertz CT molecular complexity index is 1040. The highest BCUT2D eigenvalue weighted by molar-refractivity contribution is 7.89. The third-order valence-corrected chi connectivity index (χ3v) is 5.28. The summed E-state index contributed by atoms with van der Waals surface area (Å²) in [7, 11) is -4.08. The Kier molecular flexibility index (Phi) is 4.65. The summed E-state index contributed by atoms with van der Waals surface area (Å²) in [5, 5.41) is 21.5. The van der Waals surface area contributed by atoms with E-state index in [0.29, 0.717) is 5.56 Å². The molecule has 11 heteroatoms. The molecule has 0 saturated heterocycles. The van der Waals surface area contributed by atoms with Crippen LogP contribution in [0.25, 0.3) is 16.9 Å². The van der Waals surface area contributed by atoms with E-state index < -0.39 is 28.5 Å². The van der Waals surface area contributed by atoms with Crippen LogP contribution < -0.4 is 5.14 Å². The Morgan fingerprint density at radius 3 is 2.50 bits per heavy atom. The van der Waals surface area contributed by atoms with Gasteiger partial charge in [-0.2, -0.15) is 29.6 Å². The molecule has 0 saturated carbocycles. The molecule has 0 unspecified atom stereocenters. The first kappa shape index (κ1) is 18.6. The molecule has 0 aliphatic rings. The van der Waals surface area contributed by atoms with Crippen LogP contribution in [0.15, 0.2) is 46.0 Å². The van der Waals surface area contributed by atoms with Crippen molar-refractivity contribution in [1.82, 2.24) is 9.78 Å². The molecule has 2 aromatic heterocycles. The van der Waals surface area contributed by atoms with Crippen molar-refractivity contribution in [2.24, 2.45) is 5.14 Å². The molecule has 1 aromatic carbocycles. The van der Waals surface area contributed by atoms with Gasteiger partial charge in [0, 0.05) is 10.9 Å². The van der Waals surface area contributed by atoms with Crippen molar-refractivity contribution in [2.75, 3.05) is 0 Å². The molecular formula is C15H12F3N3O3S2. The molecule has 2 heterocycles. The number of aliphatic hydroxyl groups is 1. The fraction of sp³-hybridized carbons (Fsp3) is 0.133. The topological polar surface area (TPSA) is 98.2 Å². The number of nitrogens with two attached hydrogens (primary N) is 1. The monoisotopic (exact) mass is 403 g/mol. The summed E-state index contributed by atoms with van der Waals surface area (Å²) >= 11 is 1.31. The Morgan fingerprint density at radius 2 is 1.96 bits per heavy atom. The molecule has 0 radical (unpaired) electrons. The number of hydrogen-bond acceptors (Lipinski definition) is 5. The second-order valence-corrected chi connectivity index (χ2v) is 7.64. The highest BCUT2D eigenvalue weighted by atomic mass is 32.2. The fourth-order valence-electron chi connectivity index (χ4n) is 2.43. The summed E-state index contributed by atoms with van der Waals surface area (Å²) in [6, 6.07) is 6.20. The molecule has 0 aliphatic carbocycles. The Labute approximate surface area is 150 Å². The maximum atomic E-state index is 13.1. The molecule has 0 bridgehead atoms. The summed E-state index contributed by atoms with van der Waals surface area (Å²) in [4.78, 5) is -0.302. The number of rotatable bonds is 4. The van der Waals surface area contributed by atoms with Crippen LogP contribution >= 0.6 is 11.3 Å². The average Bonchev–Trinajstić information content (AvgIpc) is 3.21. The molecule has 0 amide bonds. The number of sulfonamides is 1. The van der Waals surface area contributed by atoms with Crippen LogP contribution in [0, 0.1) is 0 Å². The third-order valence-electron chi connectivity index (χ3n) is 3.58. The van der Waals surface area contributed by atoms with E-state index in [9.17, 15) is 26.7 Å². The Morgan fingerprint density at radius 1 is 1.23 bits per heavy atom. The van der Waals surface area contributed by atoms with E-state index in [1.54, 1.807) is 16.8 Å². The zero-order valence-corrected chi connectivity index (χ0v) is 14.6. The summed E-state index contributed by atoms with van der Waals surface area (Å²) < 4.78 is 63.4. The van der Waals surface area contributed by atoms with Gasteiger partial charge in [0.15, 0.2) is 5.69 Å². The number of benzene rings is 1. The number of halogens is 3.